The van der Waals surface area contributed by atoms with Crippen molar-refractivity contribution in [3.63, 3.8) is 0 Å². The minimum absolute atomic E-state index is 0.625. The molecule has 3 rings (SSSR count). The summed E-state index contributed by atoms with van der Waals surface area (Å²) in [5.74, 6) is 2.75. The zero-order valence-electron chi connectivity index (χ0n) is 12.5. The van der Waals surface area contributed by atoms with Crippen LogP contribution in [0.3, 0.4) is 0 Å². The first-order chi connectivity index (χ1) is 10.3. The van der Waals surface area contributed by atoms with E-state index in [-0.39, 0.29) is 0 Å². The molecule has 108 valence electrons. The smallest absolute Gasteiger partial charge is 0.0791 e. The Labute approximate surface area is 126 Å². The zero-order chi connectivity index (χ0) is 14.7. The summed E-state index contributed by atoms with van der Waals surface area (Å²) in [6.07, 6.45) is 8.09. The molecule has 1 aliphatic rings. The molecule has 0 amide bonds. The van der Waals surface area contributed by atoms with Crippen molar-refractivity contribution >= 4 is 16.6 Å². The third-order valence-electron chi connectivity index (χ3n) is 3.90. The molecule has 0 radical (unpaired) electrons. The molecule has 21 heavy (non-hydrogen) atoms. The molecule has 2 aromatic rings. The fraction of sp³-hybridized carbons (Fsp3) is 0.389. The quantitative estimate of drug-likeness (QED) is 0.824. The third-order valence-corrected chi connectivity index (χ3v) is 3.90. The van der Waals surface area contributed by atoms with Crippen LogP contribution in [0.5, 0.6) is 0 Å². The Balaban J connectivity index is 1.99. The van der Waals surface area contributed by atoms with E-state index in [1.54, 1.807) is 0 Å². The summed E-state index contributed by atoms with van der Waals surface area (Å²) < 4.78 is 0. The van der Waals surface area contributed by atoms with Crippen molar-refractivity contribution in [1.29, 1.82) is 0 Å². The number of para-hydroxylation sites is 1. The van der Waals surface area contributed by atoms with Crippen LogP contribution in [-0.4, -0.2) is 24.1 Å². The molecule has 3 heteroatoms. The topological polar surface area (TPSA) is 28.2 Å². The Morgan fingerprint density at radius 2 is 2.19 bits per heavy atom. The van der Waals surface area contributed by atoms with Crippen LogP contribution >= 0.6 is 0 Å². The highest BCUT2D eigenvalue weighted by Crippen LogP contribution is 2.27. The summed E-state index contributed by atoms with van der Waals surface area (Å²) in [5, 5.41) is 4.70. The van der Waals surface area contributed by atoms with Crippen LogP contribution in [0.25, 0.3) is 10.9 Å². The fourth-order valence-corrected chi connectivity index (χ4v) is 2.58. The molecule has 3 nitrogen and oxygen atoms in total. The Hall–Kier alpha value is -2.05. The summed E-state index contributed by atoms with van der Waals surface area (Å²) in [4.78, 5) is 7.00. The van der Waals surface area contributed by atoms with E-state index in [0.29, 0.717) is 12.6 Å². The van der Waals surface area contributed by atoms with Gasteiger partial charge >= 0.3 is 0 Å². The van der Waals surface area contributed by atoms with Gasteiger partial charge in [-0.15, -0.1) is 6.42 Å². The maximum atomic E-state index is 5.51. The van der Waals surface area contributed by atoms with Gasteiger partial charge in [-0.25, -0.2) is 0 Å². The predicted octanol–water partition coefficient (Wildman–Crippen LogP) is 2.95. The molecule has 0 spiro atoms. The van der Waals surface area contributed by atoms with Gasteiger partial charge in [-0.05, 0) is 31.9 Å². The number of terminal acetylenes is 1. The average Bonchev–Trinajstić information content (AvgIpc) is 3.34. The van der Waals surface area contributed by atoms with Gasteiger partial charge in [0.2, 0.25) is 0 Å². The number of benzene rings is 1. The van der Waals surface area contributed by atoms with Crippen LogP contribution in [0.15, 0.2) is 30.3 Å². The number of anilines is 1. The monoisotopic (exact) mass is 279 g/mol. The van der Waals surface area contributed by atoms with E-state index < -0.39 is 0 Å². The van der Waals surface area contributed by atoms with E-state index in [0.717, 1.165) is 24.3 Å². The second-order valence-corrected chi connectivity index (χ2v) is 5.52. The van der Waals surface area contributed by atoms with Crippen LogP contribution in [0, 0.1) is 12.3 Å². The highest BCUT2D eigenvalue weighted by atomic mass is 15.1. The first-order valence-corrected chi connectivity index (χ1v) is 7.62. The number of fused-ring (bicyclic) bond motifs is 1. The number of nitrogens with zero attached hydrogens (tertiary/aromatic N) is 2. The fourth-order valence-electron chi connectivity index (χ4n) is 2.58. The lowest BCUT2D eigenvalue weighted by atomic mass is 10.1. The molecule has 0 unspecified atom stereocenters. The van der Waals surface area contributed by atoms with Crippen LogP contribution < -0.4 is 10.2 Å². The number of hydrogen-bond acceptors (Lipinski definition) is 3. The molecule has 1 N–H and O–H groups in total. The number of rotatable bonds is 6. The Morgan fingerprint density at radius 1 is 1.38 bits per heavy atom. The normalized spacial score (nSPS) is 14.1. The molecule has 1 fully saturated rings. The first-order valence-electron chi connectivity index (χ1n) is 7.62. The van der Waals surface area contributed by atoms with Gasteiger partial charge in [0.25, 0.3) is 0 Å². The van der Waals surface area contributed by atoms with Crippen molar-refractivity contribution < 1.29 is 0 Å². The maximum Gasteiger partial charge on any atom is 0.0791 e. The summed E-state index contributed by atoms with van der Waals surface area (Å²) >= 11 is 0. The minimum Gasteiger partial charge on any atom is -0.360 e. The molecule has 1 aliphatic carbocycles. The van der Waals surface area contributed by atoms with Gasteiger partial charge in [-0.2, -0.15) is 0 Å². The lowest BCUT2D eigenvalue weighted by molar-refractivity contribution is 0.676. The molecule has 0 aliphatic heterocycles. The van der Waals surface area contributed by atoms with Gasteiger partial charge in [-0.1, -0.05) is 24.1 Å². The molecular formula is C18H21N3. The Kier molecular flexibility index (Phi) is 4.08. The van der Waals surface area contributed by atoms with Crippen molar-refractivity contribution in [2.75, 3.05) is 18.0 Å². The summed E-state index contributed by atoms with van der Waals surface area (Å²) in [7, 11) is 0. The van der Waals surface area contributed by atoms with E-state index in [1.165, 1.54) is 23.9 Å². The van der Waals surface area contributed by atoms with Gasteiger partial charge in [0.15, 0.2) is 0 Å². The minimum atomic E-state index is 0.625. The SMILES string of the molecule is C#CCN(CC)c1cc(CNC2CC2)nc2ccccc12. The van der Waals surface area contributed by atoms with Crippen LogP contribution in [0.4, 0.5) is 5.69 Å². The average molecular weight is 279 g/mol. The second-order valence-electron chi connectivity index (χ2n) is 5.52. The second kappa shape index (κ2) is 6.15. The highest BCUT2D eigenvalue weighted by Gasteiger charge is 2.20. The molecule has 0 saturated heterocycles. The van der Waals surface area contributed by atoms with Gasteiger partial charge in [0.1, 0.15) is 0 Å². The number of hydrogen-bond donors (Lipinski definition) is 1. The van der Waals surface area contributed by atoms with Gasteiger partial charge in [0, 0.05) is 30.2 Å². The van der Waals surface area contributed by atoms with Crippen molar-refractivity contribution in [2.45, 2.75) is 32.4 Å². The summed E-state index contributed by atoms with van der Waals surface area (Å²) in [6, 6.07) is 11.2. The van der Waals surface area contributed by atoms with E-state index in [1.807, 2.05) is 6.07 Å². The van der Waals surface area contributed by atoms with Crippen LogP contribution in [0.2, 0.25) is 0 Å². The summed E-state index contributed by atoms with van der Waals surface area (Å²) in [6.45, 7) is 4.48. The maximum absolute atomic E-state index is 5.51. The molecule has 1 heterocycles. The van der Waals surface area contributed by atoms with E-state index in [4.69, 9.17) is 11.4 Å². The molecular weight excluding hydrogens is 258 g/mol. The van der Waals surface area contributed by atoms with E-state index >= 15 is 0 Å². The highest BCUT2D eigenvalue weighted by molar-refractivity contribution is 5.92. The van der Waals surface area contributed by atoms with Crippen molar-refractivity contribution in [1.82, 2.24) is 10.3 Å². The third kappa shape index (κ3) is 3.17. The Morgan fingerprint density at radius 3 is 2.90 bits per heavy atom. The first kappa shape index (κ1) is 13.9. The number of pyridine rings is 1. The molecule has 0 bridgehead atoms. The predicted molar refractivity (Wildman–Crippen MR) is 88.3 cm³/mol. The zero-order valence-corrected chi connectivity index (χ0v) is 12.5. The van der Waals surface area contributed by atoms with Crippen molar-refractivity contribution in [2.24, 2.45) is 0 Å². The van der Waals surface area contributed by atoms with Gasteiger partial charge < -0.3 is 10.2 Å². The molecule has 0 atom stereocenters. The largest absolute Gasteiger partial charge is 0.360 e. The van der Waals surface area contributed by atoms with E-state index in [2.05, 4.69) is 47.3 Å². The lowest BCUT2D eigenvalue weighted by Crippen LogP contribution is -2.24. The molecule has 1 aromatic carbocycles. The summed E-state index contributed by atoms with van der Waals surface area (Å²) in [5.41, 5.74) is 3.32. The van der Waals surface area contributed by atoms with Crippen LogP contribution in [-0.2, 0) is 6.54 Å². The Bertz CT molecular complexity index is 668. The molecule has 1 aromatic heterocycles. The van der Waals surface area contributed by atoms with E-state index in [9.17, 15) is 0 Å². The van der Waals surface area contributed by atoms with Crippen LogP contribution in [0.1, 0.15) is 25.5 Å². The standard InChI is InChI=1S/C18H21N3/c1-3-11-21(4-2)18-12-15(13-19-14-9-10-14)20-17-8-6-5-7-16(17)18/h1,5-8,12,14,19H,4,9-11,13H2,2H3. The van der Waals surface area contributed by atoms with Crippen molar-refractivity contribution in [3.05, 3.63) is 36.0 Å². The van der Waals surface area contributed by atoms with Gasteiger partial charge in [-0.3, -0.25) is 4.98 Å². The lowest BCUT2D eigenvalue weighted by Gasteiger charge is -2.23. The molecule has 1 saturated carbocycles. The van der Waals surface area contributed by atoms with Gasteiger partial charge in [0.05, 0.1) is 17.8 Å². The number of nitrogens with one attached hydrogen (secondary N) is 1. The number of aromatic nitrogens is 1. The van der Waals surface area contributed by atoms with Crippen molar-refractivity contribution in [3.8, 4) is 12.3 Å².